The molecule has 0 saturated heterocycles. The number of aromatic nitrogens is 1. The van der Waals surface area contributed by atoms with Crippen molar-refractivity contribution in [1.29, 1.82) is 0 Å². The molecule has 0 unspecified atom stereocenters. The third-order valence-electron chi connectivity index (χ3n) is 4.03. The zero-order valence-corrected chi connectivity index (χ0v) is 10.9. The van der Waals surface area contributed by atoms with Crippen LogP contribution in [0, 0.1) is 5.92 Å². The quantitative estimate of drug-likeness (QED) is 0.643. The first-order valence-corrected chi connectivity index (χ1v) is 7.34. The van der Waals surface area contributed by atoms with E-state index in [2.05, 4.69) is 11.1 Å². The standard InChI is InChI=1S/C16H25N/c1-3-8-15(9-4-1)10-5-2-6-11-16-12-7-13-17-14-16/h7,12-15H,1-6,8-11H2. The van der Waals surface area contributed by atoms with E-state index in [0.29, 0.717) is 0 Å². The number of nitrogens with zero attached hydrogens (tertiary/aromatic N) is 1. The fourth-order valence-electron chi connectivity index (χ4n) is 2.96. The second kappa shape index (κ2) is 7.47. The van der Waals surface area contributed by atoms with Gasteiger partial charge in [-0.25, -0.2) is 0 Å². The largest absolute Gasteiger partial charge is 0.264 e. The zero-order valence-electron chi connectivity index (χ0n) is 10.9. The molecule has 0 radical (unpaired) electrons. The Morgan fingerprint density at radius 1 is 1.06 bits per heavy atom. The molecule has 1 aromatic rings. The van der Waals surface area contributed by atoms with Crippen LogP contribution in [-0.2, 0) is 6.42 Å². The van der Waals surface area contributed by atoms with Crippen molar-refractivity contribution in [3.63, 3.8) is 0 Å². The van der Waals surface area contributed by atoms with Crippen LogP contribution in [-0.4, -0.2) is 4.98 Å². The molecular formula is C16H25N. The van der Waals surface area contributed by atoms with Gasteiger partial charge in [0.05, 0.1) is 0 Å². The first-order chi connectivity index (χ1) is 8.45. The van der Waals surface area contributed by atoms with Crippen molar-refractivity contribution in [3.8, 4) is 0 Å². The van der Waals surface area contributed by atoms with E-state index in [1.54, 1.807) is 0 Å². The summed E-state index contributed by atoms with van der Waals surface area (Å²) in [6, 6.07) is 4.23. The maximum absolute atomic E-state index is 4.16. The van der Waals surface area contributed by atoms with Crippen molar-refractivity contribution in [2.75, 3.05) is 0 Å². The number of hydrogen-bond donors (Lipinski definition) is 0. The summed E-state index contributed by atoms with van der Waals surface area (Å²) in [4.78, 5) is 4.16. The van der Waals surface area contributed by atoms with Gasteiger partial charge in [-0.2, -0.15) is 0 Å². The summed E-state index contributed by atoms with van der Waals surface area (Å²) in [5.41, 5.74) is 1.39. The van der Waals surface area contributed by atoms with Gasteiger partial charge in [-0.1, -0.05) is 57.4 Å². The second-order valence-electron chi connectivity index (χ2n) is 5.46. The molecular weight excluding hydrogens is 206 g/mol. The minimum Gasteiger partial charge on any atom is -0.264 e. The number of rotatable bonds is 6. The Kier molecular flexibility index (Phi) is 5.54. The summed E-state index contributed by atoms with van der Waals surface area (Å²) in [7, 11) is 0. The van der Waals surface area contributed by atoms with Crippen molar-refractivity contribution < 1.29 is 0 Å². The lowest BCUT2D eigenvalue weighted by molar-refractivity contribution is 0.328. The molecule has 0 amide bonds. The van der Waals surface area contributed by atoms with Gasteiger partial charge in [0.25, 0.3) is 0 Å². The SMILES string of the molecule is c1cncc(CCCCCC2CCCCC2)c1. The van der Waals surface area contributed by atoms with Crippen molar-refractivity contribution in [1.82, 2.24) is 4.98 Å². The topological polar surface area (TPSA) is 12.9 Å². The summed E-state index contributed by atoms with van der Waals surface area (Å²) in [6.07, 6.45) is 18.2. The summed E-state index contributed by atoms with van der Waals surface area (Å²) in [5, 5.41) is 0. The van der Waals surface area contributed by atoms with Crippen LogP contribution in [0.1, 0.15) is 63.4 Å². The fourth-order valence-corrected chi connectivity index (χ4v) is 2.96. The lowest BCUT2D eigenvalue weighted by Gasteiger charge is -2.21. The molecule has 0 N–H and O–H groups in total. The van der Waals surface area contributed by atoms with E-state index < -0.39 is 0 Å². The Balaban J connectivity index is 1.51. The van der Waals surface area contributed by atoms with Crippen molar-refractivity contribution in [3.05, 3.63) is 30.1 Å². The van der Waals surface area contributed by atoms with Gasteiger partial charge in [0, 0.05) is 12.4 Å². The minimum atomic E-state index is 1.06. The normalized spacial score (nSPS) is 17.2. The highest BCUT2D eigenvalue weighted by molar-refractivity contribution is 5.08. The number of unbranched alkanes of at least 4 members (excludes halogenated alkanes) is 2. The van der Waals surface area contributed by atoms with E-state index in [1.165, 1.54) is 69.8 Å². The predicted octanol–water partition coefficient (Wildman–Crippen LogP) is 4.76. The molecule has 2 rings (SSSR count). The van der Waals surface area contributed by atoms with E-state index in [0.717, 1.165) is 5.92 Å². The molecule has 1 aliphatic rings. The molecule has 1 aromatic heterocycles. The maximum atomic E-state index is 4.16. The summed E-state index contributed by atoms with van der Waals surface area (Å²) in [5.74, 6) is 1.06. The van der Waals surface area contributed by atoms with E-state index in [4.69, 9.17) is 0 Å². The van der Waals surface area contributed by atoms with E-state index >= 15 is 0 Å². The molecule has 1 nitrogen and oxygen atoms in total. The number of pyridine rings is 1. The maximum Gasteiger partial charge on any atom is 0.0299 e. The van der Waals surface area contributed by atoms with Gasteiger partial charge in [-0.15, -0.1) is 0 Å². The number of hydrogen-bond acceptors (Lipinski definition) is 1. The molecule has 1 heteroatoms. The highest BCUT2D eigenvalue weighted by atomic mass is 14.6. The van der Waals surface area contributed by atoms with E-state index in [-0.39, 0.29) is 0 Å². The smallest absolute Gasteiger partial charge is 0.0299 e. The Morgan fingerprint density at radius 3 is 2.71 bits per heavy atom. The van der Waals surface area contributed by atoms with Crippen LogP contribution in [0.2, 0.25) is 0 Å². The Hall–Kier alpha value is -0.850. The van der Waals surface area contributed by atoms with Crippen LogP contribution in [0.15, 0.2) is 24.5 Å². The molecule has 0 atom stereocenters. The van der Waals surface area contributed by atoms with Crippen molar-refractivity contribution in [2.24, 2.45) is 5.92 Å². The molecule has 1 aliphatic carbocycles. The van der Waals surface area contributed by atoms with Gasteiger partial charge < -0.3 is 0 Å². The van der Waals surface area contributed by atoms with Crippen molar-refractivity contribution in [2.45, 2.75) is 64.2 Å². The molecule has 17 heavy (non-hydrogen) atoms. The molecule has 1 saturated carbocycles. The van der Waals surface area contributed by atoms with Gasteiger partial charge >= 0.3 is 0 Å². The lowest BCUT2D eigenvalue weighted by atomic mass is 9.85. The third-order valence-corrected chi connectivity index (χ3v) is 4.03. The van der Waals surface area contributed by atoms with Crippen LogP contribution in [0.3, 0.4) is 0 Å². The average molecular weight is 231 g/mol. The lowest BCUT2D eigenvalue weighted by Crippen LogP contribution is -2.05. The van der Waals surface area contributed by atoms with E-state index in [9.17, 15) is 0 Å². The molecule has 0 spiro atoms. The highest BCUT2D eigenvalue weighted by Crippen LogP contribution is 2.27. The Morgan fingerprint density at radius 2 is 1.94 bits per heavy atom. The third kappa shape index (κ3) is 4.89. The second-order valence-corrected chi connectivity index (χ2v) is 5.46. The average Bonchev–Trinajstić information content (AvgIpc) is 2.41. The van der Waals surface area contributed by atoms with Crippen molar-refractivity contribution >= 4 is 0 Å². The summed E-state index contributed by atoms with van der Waals surface area (Å²) in [6.45, 7) is 0. The highest BCUT2D eigenvalue weighted by Gasteiger charge is 2.12. The van der Waals surface area contributed by atoms with Gasteiger partial charge in [-0.3, -0.25) is 4.98 Å². The fraction of sp³-hybridized carbons (Fsp3) is 0.688. The van der Waals surface area contributed by atoms with E-state index in [1.807, 2.05) is 18.5 Å². The Labute approximate surface area is 106 Å². The molecule has 0 bridgehead atoms. The van der Waals surface area contributed by atoms with Gasteiger partial charge in [0.1, 0.15) is 0 Å². The Bertz CT molecular complexity index is 288. The molecule has 1 fully saturated rings. The van der Waals surface area contributed by atoms with Crippen LogP contribution in [0.4, 0.5) is 0 Å². The summed E-state index contributed by atoms with van der Waals surface area (Å²) < 4.78 is 0. The molecule has 94 valence electrons. The van der Waals surface area contributed by atoms with Gasteiger partial charge in [0.2, 0.25) is 0 Å². The summed E-state index contributed by atoms with van der Waals surface area (Å²) >= 11 is 0. The van der Waals surface area contributed by atoms with Crippen LogP contribution >= 0.6 is 0 Å². The van der Waals surface area contributed by atoms with Crippen LogP contribution in [0.5, 0.6) is 0 Å². The van der Waals surface area contributed by atoms with Gasteiger partial charge in [-0.05, 0) is 30.4 Å². The first-order valence-electron chi connectivity index (χ1n) is 7.34. The first kappa shape index (κ1) is 12.6. The minimum absolute atomic E-state index is 1.06. The van der Waals surface area contributed by atoms with Crippen LogP contribution in [0.25, 0.3) is 0 Å². The van der Waals surface area contributed by atoms with Gasteiger partial charge in [0.15, 0.2) is 0 Å². The van der Waals surface area contributed by atoms with Crippen LogP contribution < -0.4 is 0 Å². The predicted molar refractivity (Wildman–Crippen MR) is 73.0 cm³/mol. The zero-order chi connectivity index (χ0) is 11.8. The number of aryl methyl sites for hydroxylation is 1. The molecule has 1 heterocycles. The molecule has 0 aromatic carbocycles. The monoisotopic (exact) mass is 231 g/mol. The molecule has 0 aliphatic heterocycles.